The molecule has 16 heavy (non-hydrogen) atoms. The first-order valence-electron chi connectivity index (χ1n) is 5.59. The van der Waals surface area contributed by atoms with Crippen molar-refractivity contribution in [1.29, 1.82) is 0 Å². The van der Waals surface area contributed by atoms with Crippen LogP contribution in [0.4, 0.5) is 0 Å². The zero-order valence-corrected chi connectivity index (χ0v) is 9.90. The van der Waals surface area contributed by atoms with Crippen molar-refractivity contribution < 1.29 is 14.9 Å². The number of fused-ring (bicyclic) bond motifs is 1. The molecular weight excluding hydrogens is 204 g/mol. The van der Waals surface area contributed by atoms with E-state index < -0.39 is 12.2 Å². The van der Waals surface area contributed by atoms with Crippen LogP contribution in [0.2, 0.25) is 0 Å². The molecule has 3 unspecified atom stereocenters. The molecule has 0 aliphatic heterocycles. The third-order valence-corrected chi connectivity index (χ3v) is 3.41. The molecule has 2 rings (SSSR count). The number of rotatable bonds is 1. The molecule has 0 saturated carbocycles. The van der Waals surface area contributed by atoms with Gasteiger partial charge >= 0.3 is 0 Å². The third-order valence-electron chi connectivity index (χ3n) is 3.41. The van der Waals surface area contributed by atoms with Gasteiger partial charge in [0, 0.05) is 0 Å². The first-order chi connectivity index (χ1) is 7.54. The lowest BCUT2D eigenvalue weighted by atomic mass is 9.80. The average molecular weight is 222 g/mol. The Hall–Kier alpha value is -1.06. The highest BCUT2D eigenvalue weighted by molar-refractivity contribution is 5.46. The van der Waals surface area contributed by atoms with Gasteiger partial charge in [-0.25, -0.2) is 0 Å². The lowest BCUT2D eigenvalue weighted by Crippen LogP contribution is -2.27. The number of hydrogen-bond acceptors (Lipinski definition) is 3. The molecule has 3 heteroatoms. The second-order valence-electron chi connectivity index (χ2n) is 4.60. The van der Waals surface area contributed by atoms with Gasteiger partial charge in [-0.05, 0) is 48.1 Å². The van der Waals surface area contributed by atoms with Crippen LogP contribution in [0.3, 0.4) is 0 Å². The number of benzene rings is 1. The number of methoxy groups -OCH3 is 1. The maximum Gasteiger partial charge on any atom is 0.122 e. The van der Waals surface area contributed by atoms with Crippen LogP contribution in [-0.4, -0.2) is 23.4 Å². The summed E-state index contributed by atoms with van der Waals surface area (Å²) < 4.78 is 5.28. The molecule has 1 aromatic carbocycles. The van der Waals surface area contributed by atoms with Gasteiger partial charge in [-0.15, -0.1) is 0 Å². The molecule has 0 radical (unpaired) electrons. The van der Waals surface area contributed by atoms with E-state index in [0.717, 1.165) is 22.4 Å². The molecule has 1 aliphatic carbocycles. The van der Waals surface area contributed by atoms with Gasteiger partial charge in [-0.3, -0.25) is 0 Å². The highest BCUT2D eigenvalue weighted by atomic mass is 16.5. The number of aliphatic hydroxyl groups excluding tert-OH is 2. The molecule has 0 aromatic heterocycles. The van der Waals surface area contributed by atoms with Gasteiger partial charge < -0.3 is 14.9 Å². The van der Waals surface area contributed by atoms with E-state index >= 15 is 0 Å². The van der Waals surface area contributed by atoms with Gasteiger partial charge in [0.2, 0.25) is 0 Å². The molecule has 0 saturated heterocycles. The van der Waals surface area contributed by atoms with Crippen LogP contribution in [0, 0.1) is 6.92 Å². The molecule has 0 spiro atoms. The Morgan fingerprint density at radius 2 is 1.94 bits per heavy atom. The molecule has 0 fully saturated rings. The van der Waals surface area contributed by atoms with Gasteiger partial charge in [0.1, 0.15) is 11.9 Å². The normalized spacial score (nSPS) is 28.7. The van der Waals surface area contributed by atoms with E-state index in [1.165, 1.54) is 0 Å². The van der Waals surface area contributed by atoms with E-state index in [4.69, 9.17) is 4.74 Å². The number of aliphatic hydroxyl groups is 2. The van der Waals surface area contributed by atoms with Crippen LogP contribution in [0.15, 0.2) is 12.1 Å². The van der Waals surface area contributed by atoms with E-state index in [-0.39, 0.29) is 5.92 Å². The summed E-state index contributed by atoms with van der Waals surface area (Å²) in [5.41, 5.74) is 2.91. The summed E-state index contributed by atoms with van der Waals surface area (Å²) in [5.74, 6) is 1.09. The molecule has 88 valence electrons. The summed E-state index contributed by atoms with van der Waals surface area (Å²) in [7, 11) is 1.65. The standard InChI is InChI=1S/C13H18O3/c1-7-5-11(14)13(15)10-4-8(2)12(16-3)6-9(7)10/h4,6-7,11,13-15H,5H2,1-3H3. The van der Waals surface area contributed by atoms with Crippen molar-refractivity contribution in [3.63, 3.8) is 0 Å². The molecule has 0 amide bonds. The second kappa shape index (κ2) is 4.07. The van der Waals surface area contributed by atoms with Crippen molar-refractivity contribution in [3.05, 3.63) is 28.8 Å². The minimum Gasteiger partial charge on any atom is -0.496 e. The first kappa shape index (κ1) is 11.4. The summed E-state index contributed by atoms with van der Waals surface area (Å²) in [4.78, 5) is 0. The van der Waals surface area contributed by atoms with Crippen molar-refractivity contribution in [2.45, 2.75) is 38.4 Å². The van der Waals surface area contributed by atoms with Crippen LogP contribution in [-0.2, 0) is 0 Å². The summed E-state index contributed by atoms with van der Waals surface area (Å²) in [6, 6.07) is 3.89. The minimum atomic E-state index is -0.768. The van der Waals surface area contributed by atoms with E-state index in [1.807, 2.05) is 19.1 Å². The number of aryl methyl sites for hydroxylation is 1. The topological polar surface area (TPSA) is 49.7 Å². The van der Waals surface area contributed by atoms with E-state index in [0.29, 0.717) is 6.42 Å². The highest BCUT2D eigenvalue weighted by Crippen LogP contribution is 2.40. The Morgan fingerprint density at radius 3 is 2.56 bits per heavy atom. The molecule has 1 aliphatic rings. The molecule has 0 bridgehead atoms. The first-order valence-corrected chi connectivity index (χ1v) is 5.59. The van der Waals surface area contributed by atoms with Crippen molar-refractivity contribution in [2.75, 3.05) is 7.11 Å². The predicted octanol–water partition coefficient (Wildman–Crippen LogP) is 1.91. The Morgan fingerprint density at radius 1 is 1.25 bits per heavy atom. The fourth-order valence-electron chi connectivity index (χ4n) is 2.45. The van der Waals surface area contributed by atoms with Gasteiger partial charge in [0.15, 0.2) is 0 Å². The molecule has 3 atom stereocenters. The lowest BCUT2D eigenvalue weighted by molar-refractivity contribution is 0.00138. The predicted molar refractivity (Wildman–Crippen MR) is 61.7 cm³/mol. The zero-order chi connectivity index (χ0) is 11.9. The van der Waals surface area contributed by atoms with Crippen molar-refractivity contribution >= 4 is 0 Å². The second-order valence-corrected chi connectivity index (χ2v) is 4.60. The average Bonchev–Trinajstić information content (AvgIpc) is 2.25. The minimum absolute atomic E-state index is 0.253. The smallest absolute Gasteiger partial charge is 0.122 e. The SMILES string of the molecule is COc1cc2c(cc1C)C(O)C(O)CC2C. The van der Waals surface area contributed by atoms with Gasteiger partial charge in [-0.1, -0.05) is 6.92 Å². The van der Waals surface area contributed by atoms with Gasteiger partial charge in [0.05, 0.1) is 13.2 Å². The van der Waals surface area contributed by atoms with E-state index in [9.17, 15) is 10.2 Å². The zero-order valence-electron chi connectivity index (χ0n) is 9.90. The van der Waals surface area contributed by atoms with Crippen LogP contribution >= 0.6 is 0 Å². The quantitative estimate of drug-likeness (QED) is 0.763. The van der Waals surface area contributed by atoms with Crippen LogP contribution in [0.25, 0.3) is 0 Å². The number of ether oxygens (including phenoxy) is 1. The Balaban J connectivity index is 2.54. The van der Waals surface area contributed by atoms with Gasteiger partial charge in [0.25, 0.3) is 0 Å². The summed E-state index contributed by atoms with van der Waals surface area (Å²) in [5, 5.41) is 19.7. The molecule has 1 aromatic rings. The monoisotopic (exact) mass is 222 g/mol. The maximum absolute atomic E-state index is 9.94. The van der Waals surface area contributed by atoms with E-state index in [2.05, 4.69) is 6.92 Å². The fourth-order valence-corrected chi connectivity index (χ4v) is 2.45. The van der Waals surface area contributed by atoms with Crippen molar-refractivity contribution in [2.24, 2.45) is 0 Å². The summed E-state index contributed by atoms with van der Waals surface area (Å²) >= 11 is 0. The maximum atomic E-state index is 9.94. The van der Waals surface area contributed by atoms with E-state index in [1.54, 1.807) is 7.11 Å². The van der Waals surface area contributed by atoms with Crippen LogP contribution < -0.4 is 4.74 Å². The Labute approximate surface area is 95.7 Å². The highest BCUT2D eigenvalue weighted by Gasteiger charge is 2.31. The molecular formula is C13H18O3. The van der Waals surface area contributed by atoms with Crippen LogP contribution in [0.5, 0.6) is 5.75 Å². The van der Waals surface area contributed by atoms with Gasteiger partial charge in [-0.2, -0.15) is 0 Å². The molecule has 3 nitrogen and oxygen atoms in total. The largest absolute Gasteiger partial charge is 0.496 e. The van der Waals surface area contributed by atoms with Crippen molar-refractivity contribution in [1.82, 2.24) is 0 Å². The fraction of sp³-hybridized carbons (Fsp3) is 0.538. The molecule has 2 N–H and O–H groups in total. The summed E-state index contributed by atoms with van der Waals surface area (Å²) in [6.07, 6.45) is -0.827. The Bertz CT molecular complexity index is 400. The summed E-state index contributed by atoms with van der Waals surface area (Å²) in [6.45, 7) is 4.00. The molecule has 0 heterocycles. The van der Waals surface area contributed by atoms with Crippen LogP contribution in [0.1, 0.15) is 42.1 Å². The third kappa shape index (κ3) is 1.70. The lowest BCUT2D eigenvalue weighted by Gasteiger charge is -2.31. The number of hydrogen-bond donors (Lipinski definition) is 2. The Kier molecular flexibility index (Phi) is 2.91. The van der Waals surface area contributed by atoms with Crippen molar-refractivity contribution in [3.8, 4) is 5.75 Å².